The van der Waals surface area contributed by atoms with Crippen molar-refractivity contribution in [1.29, 1.82) is 0 Å². The summed E-state index contributed by atoms with van der Waals surface area (Å²) >= 11 is 0. The second-order valence-electron chi connectivity index (χ2n) is 4.75. The van der Waals surface area contributed by atoms with Crippen LogP contribution in [-0.4, -0.2) is 25.3 Å². The van der Waals surface area contributed by atoms with Crippen LogP contribution < -0.4 is 5.32 Å². The predicted molar refractivity (Wildman–Crippen MR) is 65.2 cm³/mol. The van der Waals surface area contributed by atoms with Crippen LogP contribution in [0.2, 0.25) is 0 Å². The Morgan fingerprint density at radius 2 is 1.87 bits per heavy atom. The van der Waals surface area contributed by atoms with Gasteiger partial charge in [-0.05, 0) is 26.2 Å². The molecule has 1 N–H and O–H groups in total. The quantitative estimate of drug-likeness (QED) is 0.541. The summed E-state index contributed by atoms with van der Waals surface area (Å²) in [5.41, 5.74) is 0. The van der Waals surface area contributed by atoms with Crippen molar-refractivity contribution in [3.63, 3.8) is 0 Å². The van der Waals surface area contributed by atoms with Gasteiger partial charge in [0.1, 0.15) is 0 Å². The van der Waals surface area contributed by atoms with Crippen LogP contribution in [-0.2, 0) is 4.74 Å². The number of hydrogen-bond donors (Lipinski definition) is 1. The van der Waals surface area contributed by atoms with Crippen LogP contribution in [0.15, 0.2) is 0 Å². The molecule has 1 unspecified atom stereocenters. The number of nitrogens with one attached hydrogen (secondary N) is 1. The molecule has 0 aliphatic heterocycles. The fraction of sp³-hybridized carbons (Fsp3) is 1.00. The molecule has 0 aromatic rings. The average molecular weight is 213 g/mol. The van der Waals surface area contributed by atoms with Crippen LogP contribution in [0.4, 0.5) is 0 Å². The molecule has 2 heteroatoms. The van der Waals surface area contributed by atoms with Gasteiger partial charge in [0.25, 0.3) is 0 Å². The number of rotatable bonds is 6. The largest absolute Gasteiger partial charge is 0.377 e. The Balaban J connectivity index is 1.98. The molecule has 1 aliphatic carbocycles. The van der Waals surface area contributed by atoms with Crippen molar-refractivity contribution in [2.75, 3.05) is 13.2 Å². The topological polar surface area (TPSA) is 21.3 Å². The average Bonchev–Trinajstić information content (AvgIpc) is 2.52. The third-order valence-electron chi connectivity index (χ3n) is 3.36. The maximum Gasteiger partial charge on any atom is 0.0594 e. The second kappa shape index (κ2) is 8.12. The number of ether oxygens (including phenoxy) is 1. The van der Waals surface area contributed by atoms with Gasteiger partial charge in [-0.3, -0.25) is 0 Å². The standard InChI is InChI=1S/C13H27NO/c1-3-12(2)14-10-11-15-13-8-6-4-5-7-9-13/h12-14H,3-11H2,1-2H3. The molecule has 1 aliphatic rings. The lowest BCUT2D eigenvalue weighted by Crippen LogP contribution is -2.30. The zero-order chi connectivity index (χ0) is 10.9. The summed E-state index contributed by atoms with van der Waals surface area (Å²) in [6.07, 6.45) is 9.85. The molecular weight excluding hydrogens is 186 g/mol. The van der Waals surface area contributed by atoms with Crippen LogP contribution in [0.25, 0.3) is 0 Å². The number of hydrogen-bond acceptors (Lipinski definition) is 2. The molecule has 0 aromatic carbocycles. The molecule has 0 spiro atoms. The lowest BCUT2D eigenvalue weighted by atomic mass is 10.1. The van der Waals surface area contributed by atoms with E-state index in [2.05, 4.69) is 19.2 Å². The summed E-state index contributed by atoms with van der Waals surface area (Å²) < 4.78 is 5.90. The fourth-order valence-corrected chi connectivity index (χ4v) is 2.08. The van der Waals surface area contributed by atoms with Crippen molar-refractivity contribution in [3.05, 3.63) is 0 Å². The normalized spacial score (nSPS) is 21.2. The highest BCUT2D eigenvalue weighted by Crippen LogP contribution is 2.19. The van der Waals surface area contributed by atoms with Gasteiger partial charge in [-0.15, -0.1) is 0 Å². The molecular formula is C13H27NO. The van der Waals surface area contributed by atoms with Gasteiger partial charge >= 0.3 is 0 Å². The van der Waals surface area contributed by atoms with E-state index in [-0.39, 0.29) is 0 Å². The maximum absolute atomic E-state index is 5.90. The molecule has 90 valence electrons. The molecule has 0 amide bonds. The van der Waals surface area contributed by atoms with Gasteiger partial charge in [0, 0.05) is 12.6 Å². The van der Waals surface area contributed by atoms with E-state index in [0.29, 0.717) is 12.1 Å². The first-order valence-corrected chi connectivity index (χ1v) is 6.68. The molecule has 0 bridgehead atoms. The Morgan fingerprint density at radius 1 is 1.20 bits per heavy atom. The third kappa shape index (κ3) is 6.16. The molecule has 0 saturated heterocycles. The Kier molecular flexibility index (Phi) is 7.03. The van der Waals surface area contributed by atoms with Crippen molar-refractivity contribution in [3.8, 4) is 0 Å². The summed E-state index contributed by atoms with van der Waals surface area (Å²) in [6, 6.07) is 0.628. The third-order valence-corrected chi connectivity index (χ3v) is 3.36. The molecule has 1 rings (SSSR count). The van der Waals surface area contributed by atoms with Gasteiger partial charge in [-0.2, -0.15) is 0 Å². The Bertz CT molecular complexity index is 141. The van der Waals surface area contributed by atoms with Crippen LogP contribution in [0.1, 0.15) is 58.8 Å². The summed E-state index contributed by atoms with van der Waals surface area (Å²) in [7, 11) is 0. The highest BCUT2D eigenvalue weighted by Gasteiger charge is 2.11. The molecule has 0 heterocycles. The smallest absolute Gasteiger partial charge is 0.0594 e. The summed E-state index contributed by atoms with van der Waals surface area (Å²) in [5, 5.41) is 3.46. The van der Waals surface area contributed by atoms with E-state index in [1.165, 1.54) is 44.9 Å². The van der Waals surface area contributed by atoms with E-state index in [1.807, 2.05) is 0 Å². The highest BCUT2D eigenvalue weighted by molar-refractivity contribution is 4.64. The van der Waals surface area contributed by atoms with Crippen LogP contribution >= 0.6 is 0 Å². The molecule has 0 aromatic heterocycles. The van der Waals surface area contributed by atoms with E-state index < -0.39 is 0 Å². The van der Waals surface area contributed by atoms with Gasteiger partial charge in [0.05, 0.1) is 12.7 Å². The Morgan fingerprint density at radius 3 is 2.47 bits per heavy atom. The van der Waals surface area contributed by atoms with Crippen molar-refractivity contribution in [2.45, 2.75) is 70.9 Å². The zero-order valence-electron chi connectivity index (χ0n) is 10.4. The minimum Gasteiger partial charge on any atom is -0.377 e. The molecule has 2 nitrogen and oxygen atoms in total. The SMILES string of the molecule is CCC(C)NCCOC1CCCCCC1. The van der Waals surface area contributed by atoms with Gasteiger partial charge in [0.15, 0.2) is 0 Å². The first-order valence-electron chi connectivity index (χ1n) is 6.68. The zero-order valence-corrected chi connectivity index (χ0v) is 10.4. The Labute approximate surface area is 94.8 Å². The lowest BCUT2D eigenvalue weighted by molar-refractivity contribution is 0.0442. The van der Waals surface area contributed by atoms with Gasteiger partial charge in [-0.1, -0.05) is 32.6 Å². The van der Waals surface area contributed by atoms with Crippen LogP contribution in [0, 0.1) is 0 Å². The van der Waals surface area contributed by atoms with Crippen molar-refractivity contribution in [1.82, 2.24) is 5.32 Å². The Hall–Kier alpha value is -0.0800. The van der Waals surface area contributed by atoms with Gasteiger partial charge in [-0.25, -0.2) is 0 Å². The first kappa shape index (κ1) is 13.0. The lowest BCUT2D eigenvalue weighted by Gasteiger charge is -2.17. The van der Waals surface area contributed by atoms with Gasteiger partial charge < -0.3 is 10.1 Å². The molecule has 1 fully saturated rings. The van der Waals surface area contributed by atoms with Crippen LogP contribution in [0.3, 0.4) is 0 Å². The van der Waals surface area contributed by atoms with E-state index in [1.54, 1.807) is 0 Å². The maximum atomic E-state index is 5.90. The molecule has 1 atom stereocenters. The van der Waals surface area contributed by atoms with E-state index >= 15 is 0 Å². The highest BCUT2D eigenvalue weighted by atomic mass is 16.5. The van der Waals surface area contributed by atoms with E-state index in [4.69, 9.17) is 4.74 Å². The van der Waals surface area contributed by atoms with Crippen molar-refractivity contribution >= 4 is 0 Å². The molecule has 0 radical (unpaired) electrons. The summed E-state index contributed by atoms with van der Waals surface area (Å²) in [6.45, 7) is 6.33. The monoisotopic (exact) mass is 213 g/mol. The summed E-state index contributed by atoms with van der Waals surface area (Å²) in [4.78, 5) is 0. The van der Waals surface area contributed by atoms with Gasteiger partial charge in [0.2, 0.25) is 0 Å². The fourth-order valence-electron chi connectivity index (χ4n) is 2.08. The minimum absolute atomic E-state index is 0.547. The van der Waals surface area contributed by atoms with Crippen molar-refractivity contribution < 1.29 is 4.74 Å². The van der Waals surface area contributed by atoms with Crippen molar-refractivity contribution in [2.24, 2.45) is 0 Å². The minimum atomic E-state index is 0.547. The molecule has 15 heavy (non-hydrogen) atoms. The summed E-state index contributed by atoms with van der Waals surface area (Å²) in [5.74, 6) is 0. The van der Waals surface area contributed by atoms with E-state index in [0.717, 1.165) is 13.2 Å². The predicted octanol–water partition coefficient (Wildman–Crippen LogP) is 3.11. The van der Waals surface area contributed by atoms with E-state index in [9.17, 15) is 0 Å². The van der Waals surface area contributed by atoms with Crippen LogP contribution in [0.5, 0.6) is 0 Å². The second-order valence-corrected chi connectivity index (χ2v) is 4.75. The molecule has 1 saturated carbocycles. The first-order chi connectivity index (χ1) is 7.33.